The first-order chi connectivity index (χ1) is 11.9. The van der Waals surface area contributed by atoms with Gasteiger partial charge in [-0.2, -0.15) is 0 Å². The van der Waals surface area contributed by atoms with E-state index < -0.39 is 18.0 Å². The zero-order chi connectivity index (χ0) is 18.1. The predicted octanol–water partition coefficient (Wildman–Crippen LogP) is 5.01. The van der Waals surface area contributed by atoms with E-state index in [0.29, 0.717) is 31.9 Å². The number of nitrogens with one attached hydrogen (secondary N) is 2. The molecule has 3 rings (SSSR count). The molecule has 25 heavy (non-hydrogen) atoms. The summed E-state index contributed by atoms with van der Waals surface area (Å²) >= 11 is 17.9. The van der Waals surface area contributed by atoms with Crippen LogP contribution in [0.15, 0.2) is 54.7 Å². The predicted molar refractivity (Wildman–Crippen MR) is 99.3 cm³/mol. The first-order valence-corrected chi connectivity index (χ1v) is 8.51. The summed E-state index contributed by atoms with van der Waals surface area (Å²) in [6.45, 7) is 3.85. The Bertz CT molecular complexity index is 865. The van der Waals surface area contributed by atoms with Crippen molar-refractivity contribution < 1.29 is 9.59 Å². The van der Waals surface area contributed by atoms with Gasteiger partial charge in [-0.05, 0) is 42.0 Å². The highest BCUT2D eigenvalue weighted by Gasteiger charge is 2.38. The smallest absolute Gasteiger partial charge is 0.319 e. The lowest BCUT2D eigenvalue weighted by Crippen LogP contribution is -2.50. The van der Waals surface area contributed by atoms with E-state index in [-0.39, 0.29) is 5.78 Å². The van der Waals surface area contributed by atoms with E-state index in [2.05, 4.69) is 17.2 Å². The summed E-state index contributed by atoms with van der Waals surface area (Å²) < 4.78 is 0. The third kappa shape index (κ3) is 3.66. The molecule has 0 bridgehead atoms. The van der Waals surface area contributed by atoms with E-state index in [1.807, 2.05) is 0 Å². The maximum Gasteiger partial charge on any atom is 0.319 e. The molecule has 0 unspecified atom stereocenters. The van der Waals surface area contributed by atoms with Crippen LogP contribution in [-0.2, 0) is 0 Å². The largest absolute Gasteiger partial charge is 0.330 e. The molecule has 1 saturated heterocycles. The number of hydrogen-bond donors (Lipinski definition) is 2. The fraction of sp³-hybridized carbons (Fsp3) is 0.111. The Morgan fingerprint density at radius 1 is 1.00 bits per heavy atom. The van der Waals surface area contributed by atoms with Gasteiger partial charge < -0.3 is 10.6 Å². The molecule has 1 aliphatic rings. The van der Waals surface area contributed by atoms with Crippen LogP contribution < -0.4 is 10.6 Å². The molecule has 0 radical (unpaired) electrons. The molecule has 0 aromatic heterocycles. The molecule has 0 spiro atoms. The molecule has 0 saturated carbocycles. The summed E-state index contributed by atoms with van der Waals surface area (Å²) in [5.41, 5.74) is 1.45. The molecular formula is C18H13Cl3N2O2. The third-order valence-electron chi connectivity index (χ3n) is 3.98. The Hall–Kier alpha value is -2.01. The number of benzene rings is 2. The third-order valence-corrected chi connectivity index (χ3v) is 4.97. The monoisotopic (exact) mass is 394 g/mol. The van der Waals surface area contributed by atoms with E-state index in [9.17, 15) is 9.59 Å². The van der Waals surface area contributed by atoms with E-state index >= 15 is 0 Å². The molecule has 1 aliphatic heterocycles. The molecule has 2 N–H and O–H groups in total. The van der Waals surface area contributed by atoms with Gasteiger partial charge in [0.05, 0.1) is 22.0 Å². The van der Waals surface area contributed by atoms with E-state index in [4.69, 9.17) is 34.8 Å². The van der Waals surface area contributed by atoms with Crippen LogP contribution in [-0.4, -0.2) is 11.8 Å². The van der Waals surface area contributed by atoms with Crippen LogP contribution in [0.4, 0.5) is 4.79 Å². The van der Waals surface area contributed by atoms with Crippen LogP contribution in [0.1, 0.15) is 22.0 Å². The fourth-order valence-electron chi connectivity index (χ4n) is 2.77. The summed E-state index contributed by atoms with van der Waals surface area (Å²) in [6, 6.07) is 10.5. The summed E-state index contributed by atoms with van der Waals surface area (Å²) in [7, 11) is 0. The van der Waals surface area contributed by atoms with Crippen molar-refractivity contribution in [1.29, 1.82) is 0 Å². The summed E-state index contributed by atoms with van der Waals surface area (Å²) in [6.07, 6.45) is 0. The minimum atomic E-state index is -0.698. The summed E-state index contributed by atoms with van der Waals surface area (Å²) in [5.74, 6) is -0.888. The Morgan fingerprint density at radius 3 is 2.32 bits per heavy atom. The van der Waals surface area contributed by atoms with Crippen molar-refractivity contribution in [2.75, 3.05) is 0 Å². The molecule has 2 atom stereocenters. The number of halogens is 3. The minimum absolute atomic E-state index is 0.190. The van der Waals surface area contributed by atoms with E-state index in [0.717, 1.165) is 0 Å². The highest BCUT2D eigenvalue weighted by atomic mass is 35.5. The minimum Gasteiger partial charge on any atom is -0.330 e. The van der Waals surface area contributed by atoms with Crippen molar-refractivity contribution in [3.63, 3.8) is 0 Å². The second-order valence-corrected chi connectivity index (χ2v) is 6.87. The van der Waals surface area contributed by atoms with Gasteiger partial charge in [-0.15, -0.1) is 0 Å². The molecule has 2 aromatic carbocycles. The Labute approximate surface area is 159 Å². The molecule has 4 nitrogen and oxygen atoms in total. The zero-order valence-corrected chi connectivity index (χ0v) is 15.1. The lowest BCUT2D eigenvalue weighted by molar-refractivity contribution is 0.0905. The van der Waals surface area contributed by atoms with Crippen molar-refractivity contribution >= 4 is 46.6 Å². The number of hydrogen-bond acceptors (Lipinski definition) is 2. The highest BCUT2D eigenvalue weighted by molar-refractivity contribution is 6.42. The standard InChI is InChI=1S/C18H13Cl3N2O2/c1-9-15(17(24)10-2-5-12(19)6-3-10)16(23-18(25)22-9)11-4-7-13(20)14(21)8-11/h2-8,15-16H,1H2,(H2,22,23,25)/t15-,16-/m0/s1. The number of carbonyl (C=O) groups excluding carboxylic acids is 2. The van der Waals surface area contributed by atoms with Crippen molar-refractivity contribution in [1.82, 2.24) is 10.6 Å². The number of carbonyl (C=O) groups is 2. The summed E-state index contributed by atoms with van der Waals surface area (Å²) in [4.78, 5) is 24.9. The number of Topliss-reactive ketones (excluding diaryl/α,β-unsaturated/α-hetero) is 1. The molecule has 2 amide bonds. The van der Waals surface area contributed by atoms with Gasteiger partial charge in [0.25, 0.3) is 0 Å². The lowest BCUT2D eigenvalue weighted by atomic mass is 9.83. The van der Waals surface area contributed by atoms with Crippen molar-refractivity contribution in [3.8, 4) is 0 Å². The second kappa shape index (κ2) is 7.08. The fourth-order valence-corrected chi connectivity index (χ4v) is 3.20. The van der Waals surface area contributed by atoms with Crippen LogP contribution in [0.25, 0.3) is 0 Å². The lowest BCUT2D eigenvalue weighted by Gasteiger charge is -2.34. The van der Waals surface area contributed by atoms with E-state index in [1.165, 1.54) is 0 Å². The van der Waals surface area contributed by atoms with Crippen molar-refractivity contribution in [3.05, 3.63) is 80.9 Å². The molecule has 1 heterocycles. The zero-order valence-electron chi connectivity index (χ0n) is 12.9. The maximum absolute atomic E-state index is 13.0. The van der Waals surface area contributed by atoms with Crippen LogP contribution >= 0.6 is 34.8 Å². The molecule has 7 heteroatoms. The molecule has 1 fully saturated rings. The van der Waals surface area contributed by atoms with Gasteiger partial charge in [0.2, 0.25) is 0 Å². The van der Waals surface area contributed by atoms with Crippen molar-refractivity contribution in [2.24, 2.45) is 5.92 Å². The first-order valence-electron chi connectivity index (χ1n) is 7.38. The quantitative estimate of drug-likeness (QED) is 0.717. The molecular weight excluding hydrogens is 383 g/mol. The van der Waals surface area contributed by atoms with E-state index in [1.54, 1.807) is 42.5 Å². The topological polar surface area (TPSA) is 58.2 Å². The Balaban J connectivity index is 2.01. The first kappa shape index (κ1) is 17.8. The van der Waals surface area contributed by atoms with Crippen LogP contribution in [0.2, 0.25) is 15.1 Å². The van der Waals surface area contributed by atoms with Gasteiger partial charge in [0.15, 0.2) is 5.78 Å². The number of amides is 2. The highest BCUT2D eigenvalue weighted by Crippen LogP contribution is 2.35. The number of rotatable bonds is 3. The summed E-state index contributed by atoms with van der Waals surface area (Å²) in [5, 5.41) is 6.60. The Morgan fingerprint density at radius 2 is 1.68 bits per heavy atom. The SMILES string of the molecule is C=C1NC(=O)N[C@@H](c2ccc(Cl)c(Cl)c2)[C@H]1C(=O)c1ccc(Cl)cc1. The molecule has 2 aromatic rings. The maximum atomic E-state index is 13.0. The molecule has 128 valence electrons. The van der Waals surface area contributed by atoms with Crippen LogP contribution in [0, 0.1) is 5.92 Å². The van der Waals surface area contributed by atoms with Gasteiger partial charge in [0, 0.05) is 16.3 Å². The van der Waals surface area contributed by atoms with Gasteiger partial charge in [-0.1, -0.05) is 47.4 Å². The number of urea groups is 1. The molecule has 0 aliphatic carbocycles. The average molecular weight is 396 g/mol. The normalized spacial score (nSPS) is 20.0. The van der Waals surface area contributed by atoms with Gasteiger partial charge in [-0.25, -0.2) is 4.79 Å². The number of ketones is 1. The second-order valence-electron chi connectivity index (χ2n) is 5.62. The average Bonchev–Trinajstić information content (AvgIpc) is 2.57. The van der Waals surface area contributed by atoms with Gasteiger partial charge >= 0.3 is 6.03 Å². The Kier molecular flexibility index (Phi) is 5.04. The van der Waals surface area contributed by atoms with Crippen molar-refractivity contribution in [2.45, 2.75) is 6.04 Å². The van der Waals surface area contributed by atoms with Crippen LogP contribution in [0.5, 0.6) is 0 Å². The van der Waals surface area contributed by atoms with Crippen LogP contribution in [0.3, 0.4) is 0 Å². The van der Waals surface area contributed by atoms with Gasteiger partial charge in [0.1, 0.15) is 0 Å². The van der Waals surface area contributed by atoms with Gasteiger partial charge in [-0.3, -0.25) is 4.79 Å².